The van der Waals surface area contributed by atoms with Crippen molar-refractivity contribution < 1.29 is 15.0 Å². The minimum atomic E-state index is -0.905. The maximum absolute atomic E-state index is 11.7. The molecule has 1 aliphatic rings. The Bertz CT molecular complexity index is 476. The molecular weight excluding hydrogens is 296 g/mol. The lowest BCUT2D eigenvalue weighted by Crippen LogP contribution is -2.32. The molecule has 1 aromatic carbocycles. The van der Waals surface area contributed by atoms with Gasteiger partial charge in [-0.3, -0.25) is 4.79 Å². The number of phenolic OH excluding ortho intramolecular Hbond substituents is 1. The van der Waals surface area contributed by atoms with Gasteiger partial charge in [0, 0.05) is 5.56 Å². The summed E-state index contributed by atoms with van der Waals surface area (Å²) in [6.07, 6.45) is 3.84. The van der Waals surface area contributed by atoms with Gasteiger partial charge in [-0.25, -0.2) is 0 Å². The molecule has 0 bridgehead atoms. The standard InChI is InChI=1S/C14H17BrO3/c1-2-9-7-10(12(16)11(15)8-9)14(13(17)18)5-3-4-6-14/h7-8,16H,2-6H2,1H3,(H,17,18). The van der Waals surface area contributed by atoms with Crippen molar-refractivity contribution in [3.8, 4) is 5.75 Å². The Balaban J connectivity index is 2.61. The van der Waals surface area contributed by atoms with Gasteiger partial charge in [0.05, 0.1) is 9.89 Å². The van der Waals surface area contributed by atoms with E-state index in [2.05, 4.69) is 15.9 Å². The second-order valence-electron chi connectivity index (χ2n) is 4.92. The summed E-state index contributed by atoms with van der Waals surface area (Å²) in [5.41, 5.74) is 0.707. The first-order valence-electron chi connectivity index (χ1n) is 6.26. The highest BCUT2D eigenvalue weighted by Crippen LogP contribution is 2.47. The highest BCUT2D eigenvalue weighted by Gasteiger charge is 2.45. The highest BCUT2D eigenvalue weighted by atomic mass is 79.9. The largest absolute Gasteiger partial charge is 0.506 e. The first kappa shape index (κ1) is 13.4. The normalized spacial score (nSPS) is 17.9. The van der Waals surface area contributed by atoms with E-state index in [0.29, 0.717) is 22.9 Å². The first-order chi connectivity index (χ1) is 8.51. The molecule has 0 spiro atoms. The molecule has 2 rings (SSSR count). The lowest BCUT2D eigenvalue weighted by atomic mass is 9.78. The van der Waals surface area contributed by atoms with Gasteiger partial charge < -0.3 is 10.2 Å². The summed E-state index contributed by atoms with van der Waals surface area (Å²) in [5, 5.41) is 19.8. The number of aliphatic carboxylic acids is 1. The molecule has 0 heterocycles. The average molecular weight is 313 g/mol. The van der Waals surface area contributed by atoms with E-state index in [4.69, 9.17) is 0 Å². The molecule has 4 heteroatoms. The maximum Gasteiger partial charge on any atom is 0.314 e. The molecule has 1 saturated carbocycles. The van der Waals surface area contributed by atoms with Crippen LogP contribution in [-0.2, 0) is 16.6 Å². The fraction of sp³-hybridized carbons (Fsp3) is 0.500. The molecule has 0 aliphatic heterocycles. The van der Waals surface area contributed by atoms with Gasteiger partial charge in [0.1, 0.15) is 5.75 Å². The molecule has 0 amide bonds. The SMILES string of the molecule is CCc1cc(Br)c(O)c(C2(C(=O)O)CCCC2)c1. The highest BCUT2D eigenvalue weighted by molar-refractivity contribution is 9.10. The van der Waals surface area contributed by atoms with Gasteiger partial charge in [0.2, 0.25) is 0 Å². The molecule has 1 aliphatic carbocycles. The van der Waals surface area contributed by atoms with Gasteiger partial charge >= 0.3 is 5.97 Å². The molecule has 0 aromatic heterocycles. The molecule has 1 fully saturated rings. The summed E-state index contributed by atoms with van der Waals surface area (Å²) in [6, 6.07) is 3.70. The molecule has 98 valence electrons. The topological polar surface area (TPSA) is 57.5 Å². The lowest BCUT2D eigenvalue weighted by Gasteiger charge is -2.26. The van der Waals surface area contributed by atoms with Gasteiger partial charge in [0.25, 0.3) is 0 Å². The van der Waals surface area contributed by atoms with Crippen LogP contribution < -0.4 is 0 Å². The molecule has 0 saturated heterocycles. The Hall–Kier alpha value is -1.03. The fourth-order valence-electron chi connectivity index (χ4n) is 2.80. The Morgan fingerprint density at radius 1 is 1.39 bits per heavy atom. The van der Waals surface area contributed by atoms with Crippen molar-refractivity contribution >= 4 is 21.9 Å². The number of benzene rings is 1. The number of aromatic hydroxyl groups is 1. The number of carboxylic acids is 1. The van der Waals surface area contributed by atoms with Crippen LogP contribution in [0.2, 0.25) is 0 Å². The van der Waals surface area contributed by atoms with Crippen LogP contribution in [0.1, 0.15) is 43.7 Å². The number of hydrogen-bond donors (Lipinski definition) is 2. The Morgan fingerprint density at radius 3 is 2.50 bits per heavy atom. The molecule has 0 atom stereocenters. The molecule has 3 nitrogen and oxygen atoms in total. The van der Waals surface area contributed by atoms with Crippen LogP contribution in [0.25, 0.3) is 0 Å². The van der Waals surface area contributed by atoms with Crippen molar-refractivity contribution in [1.82, 2.24) is 0 Å². The van der Waals surface area contributed by atoms with Gasteiger partial charge in [-0.15, -0.1) is 0 Å². The van der Waals surface area contributed by atoms with Gasteiger partial charge in [-0.2, -0.15) is 0 Å². The van der Waals surface area contributed by atoms with E-state index in [1.54, 1.807) is 0 Å². The van der Waals surface area contributed by atoms with Crippen molar-refractivity contribution in [2.45, 2.75) is 44.4 Å². The summed E-state index contributed by atoms with van der Waals surface area (Å²) >= 11 is 3.32. The number of carbonyl (C=O) groups is 1. The van der Waals surface area contributed by atoms with Crippen molar-refractivity contribution in [3.63, 3.8) is 0 Å². The summed E-state index contributed by atoms with van der Waals surface area (Å²) < 4.78 is 0.587. The number of carboxylic acid groups (broad SMARTS) is 1. The molecule has 1 aromatic rings. The van der Waals surface area contributed by atoms with Crippen LogP contribution in [0.5, 0.6) is 5.75 Å². The maximum atomic E-state index is 11.7. The average Bonchev–Trinajstić information content (AvgIpc) is 2.82. The monoisotopic (exact) mass is 312 g/mol. The summed E-state index contributed by atoms with van der Waals surface area (Å²) in [7, 11) is 0. The van der Waals surface area contributed by atoms with E-state index >= 15 is 0 Å². The number of hydrogen-bond acceptors (Lipinski definition) is 2. The van der Waals surface area contributed by atoms with E-state index in [1.165, 1.54) is 0 Å². The van der Waals surface area contributed by atoms with Crippen molar-refractivity contribution in [1.29, 1.82) is 0 Å². The number of rotatable bonds is 3. The first-order valence-corrected chi connectivity index (χ1v) is 7.06. The van der Waals surface area contributed by atoms with Crippen LogP contribution in [0.15, 0.2) is 16.6 Å². The molecule has 18 heavy (non-hydrogen) atoms. The summed E-state index contributed by atoms with van der Waals surface area (Å²) in [6.45, 7) is 2.02. The van der Waals surface area contributed by atoms with Crippen LogP contribution in [0.3, 0.4) is 0 Å². The summed E-state index contributed by atoms with van der Waals surface area (Å²) in [4.78, 5) is 11.7. The second kappa shape index (κ2) is 4.92. The van der Waals surface area contributed by atoms with Crippen LogP contribution >= 0.6 is 15.9 Å². The lowest BCUT2D eigenvalue weighted by molar-refractivity contribution is -0.143. The molecule has 0 radical (unpaired) electrons. The van der Waals surface area contributed by atoms with Crippen LogP contribution in [0.4, 0.5) is 0 Å². The number of aryl methyl sites for hydroxylation is 1. The summed E-state index contributed by atoms with van der Waals surface area (Å²) in [5.74, 6) is -0.744. The Kier molecular flexibility index (Phi) is 3.66. The Labute approximate surface area is 115 Å². The fourth-order valence-corrected chi connectivity index (χ4v) is 3.31. The predicted molar refractivity (Wildman–Crippen MR) is 73.0 cm³/mol. The number of phenols is 1. The predicted octanol–water partition coefficient (Wildman–Crippen LogP) is 3.61. The van der Waals surface area contributed by atoms with E-state index in [9.17, 15) is 15.0 Å². The minimum Gasteiger partial charge on any atom is -0.506 e. The van der Waals surface area contributed by atoms with E-state index < -0.39 is 11.4 Å². The van der Waals surface area contributed by atoms with E-state index in [-0.39, 0.29) is 5.75 Å². The Morgan fingerprint density at radius 2 is 2.00 bits per heavy atom. The zero-order valence-electron chi connectivity index (χ0n) is 10.4. The third-order valence-electron chi connectivity index (χ3n) is 3.91. The van der Waals surface area contributed by atoms with Crippen molar-refractivity contribution in [2.75, 3.05) is 0 Å². The van der Waals surface area contributed by atoms with Crippen molar-refractivity contribution in [3.05, 3.63) is 27.7 Å². The number of halogens is 1. The van der Waals surface area contributed by atoms with Gasteiger partial charge in [-0.1, -0.05) is 25.8 Å². The molecular formula is C14H17BrO3. The zero-order chi connectivity index (χ0) is 13.3. The van der Waals surface area contributed by atoms with E-state index in [1.807, 2.05) is 19.1 Å². The third-order valence-corrected chi connectivity index (χ3v) is 4.52. The second-order valence-corrected chi connectivity index (χ2v) is 5.78. The zero-order valence-corrected chi connectivity index (χ0v) is 12.0. The molecule has 0 unspecified atom stereocenters. The van der Waals surface area contributed by atoms with Crippen LogP contribution in [0, 0.1) is 0 Å². The third kappa shape index (κ3) is 2.03. The van der Waals surface area contributed by atoms with Gasteiger partial charge in [0.15, 0.2) is 0 Å². The van der Waals surface area contributed by atoms with Gasteiger partial charge in [-0.05, 0) is 46.8 Å². The quantitative estimate of drug-likeness (QED) is 0.896. The van der Waals surface area contributed by atoms with E-state index in [0.717, 1.165) is 24.8 Å². The van der Waals surface area contributed by atoms with Crippen LogP contribution in [-0.4, -0.2) is 16.2 Å². The van der Waals surface area contributed by atoms with Crippen molar-refractivity contribution in [2.24, 2.45) is 0 Å². The molecule has 2 N–H and O–H groups in total. The smallest absolute Gasteiger partial charge is 0.314 e. The minimum absolute atomic E-state index is 0.0801.